The Labute approximate surface area is 266 Å². The van der Waals surface area contributed by atoms with Crippen molar-refractivity contribution >= 4 is 28.2 Å². The van der Waals surface area contributed by atoms with Crippen LogP contribution in [0.15, 0.2) is 200 Å². The van der Waals surface area contributed by atoms with Gasteiger partial charge in [0.2, 0.25) is 0 Å². The van der Waals surface area contributed by atoms with E-state index in [1.807, 2.05) is 0 Å². The zero-order valence-corrected chi connectivity index (χ0v) is 25.0. The molecule has 0 bridgehead atoms. The molecule has 7 aromatic rings. The summed E-state index contributed by atoms with van der Waals surface area (Å²) in [7, 11) is 0. The summed E-state index contributed by atoms with van der Waals surface area (Å²) in [5, 5.41) is 0. The van der Waals surface area contributed by atoms with Crippen LogP contribution in [0.4, 0.5) is 17.1 Å². The van der Waals surface area contributed by atoms with Gasteiger partial charge in [-0.15, -0.1) is 0 Å². The minimum Gasteiger partial charge on any atom is -0.311 e. The van der Waals surface area contributed by atoms with E-state index in [9.17, 15) is 0 Å². The van der Waals surface area contributed by atoms with Crippen LogP contribution in [0.5, 0.6) is 0 Å². The van der Waals surface area contributed by atoms with Crippen molar-refractivity contribution in [2.75, 3.05) is 4.90 Å². The maximum atomic E-state index is 2.29. The molecule has 1 nitrogen and oxygen atoms in total. The summed E-state index contributed by atoms with van der Waals surface area (Å²) in [6.45, 7) is 0. The first kappa shape index (κ1) is 27.9. The molecule has 0 aliphatic rings. The molecule has 0 aromatic heterocycles. The Hall–Kier alpha value is -5.92. The first-order valence-electron chi connectivity index (χ1n) is 15.4. The fourth-order valence-corrected chi connectivity index (χ4v) is 5.96. The largest absolute Gasteiger partial charge is 0.311 e. The molecule has 0 spiro atoms. The SMILES string of the molecule is c1ccc(C(=C(c2ccccc2)c2ccc(-c3ccc(N(c4ccccc4)c4ccccc4)cc3)cc2)c2ccccc2)cc1. The van der Waals surface area contributed by atoms with Crippen LogP contribution >= 0.6 is 0 Å². The molecule has 7 rings (SSSR count). The van der Waals surface area contributed by atoms with E-state index in [0.717, 1.165) is 17.1 Å². The number of benzene rings is 7. The first-order chi connectivity index (χ1) is 22.3. The second-order valence-electron chi connectivity index (χ2n) is 11.0. The summed E-state index contributed by atoms with van der Waals surface area (Å²) in [6.07, 6.45) is 0. The first-order valence-corrected chi connectivity index (χ1v) is 15.4. The molecule has 45 heavy (non-hydrogen) atoms. The Morgan fingerprint density at radius 2 is 0.511 bits per heavy atom. The van der Waals surface area contributed by atoms with Crippen LogP contribution in [0.2, 0.25) is 0 Å². The van der Waals surface area contributed by atoms with Gasteiger partial charge in [-0.05, 0) is 80.9 Å². The summed E-state index contributed by atoms with van der Waals surface area (Å²) in [4.78, 5) is 2.29. The molecule has 0 aliphatic heterocycles. The predicted octanol–water partition coefficient (Wildman–Crippen LogP) is 11.8. The zero-order chi connectivity index (χ0) is 30.3. The van der Waals surface area contributed by atoms with Gasteiger partial charge in [0.15, 0.2) is 0 Å². The lowest BCUT2D eigenvalue weighted by Crippen LogP contribution is -2.09. The van der Waals surface area contributed by atoms with Crippen molar-refractivity contribution in [2.24, 2.45) is 0 Å². The number of anilines is 3. The summed E-state index contributed by atoms with van der Waals surface area (Å²) in [5.74, 6) is 0. The van der Waals surface area contributed by atoms with Gasteiger partial charge in [0, 0.05) is 17.1 Å². The van der Waals surface area contributed by atoms with Gasteiger partial charge in [-0.2, -0.15) is 0 Å². The topological polar surface area (TPSA) is 3.24 Å². The number of nitrogens with zero attached hydrogens (tertiary/aromatic N) is 1. The maximum absolute atomic E-state index is 2.29. The Kier molecular flexibility index (Phi) is 8.15. The molecular formula is C44H33N. The molecule has 7 aromatic carbocycles. The lowest BCUT2D eigenvalue weighted by atomic mass is 9.85. The van der Waals surface area contributed by atoms with Crippen LogP contribution in [0.25, 0.3) is 22.3 Å². The number of hydrogen-bond donors (Lipinski definition) is 0. The van der Waals surface area contributed by atoms with E-state index in [0.29, 0.717) is 0 Å². The average Bonchev–Trinajstić information content (AvgIpc) is 3.13. The van der Waals surface area contributed by atoms with E-state index in [-0.39, 0.29) is 0 Å². The monoisotopic (exact) mass is 575 g/mol. The Morgan fingerprint density at radius 3 is 0.867 bits per heavy atom. The number of hydrogen-bond acceptors (Lipinski definition) is 1. The Morgan fingerprint density at radius 1 is 0.244 bits per heavy atom. The minimum absolute atomic E-state index is 1.12. The molecule has 0 amide bonds. The summed E-state index contributed by atoms with van der Waals surface area (Å²) < 4.78 is 0. The summed E-state index contributed by atoms with van der Waals surface area (Å²) >= 11 is 0. The van der Waals surface area contributed by atoms with E-state index >= 15 is 0 Å². The third-order valence-corrected chi connectivity index (χ3v) is 8.10. The third-order valence-electron chi connectivity index (χ3n) is 8.10. The van der Waals surface area contributed by atoms with Gasteiger partial charge in [0.1, 0.15) is 0 Å². The van der Waals surface area contributed by atoms with Crippen LogP contribution < -0.4 is 4.90 Å². The lowest BCUT2D eigenvalue weighted by Gasteiger charge is -2.25. The molecule has 0 aliphatic carbocycles. The van der Waals surface area contributed by atoms with Crippen LogP contribution in [0.1, 0.15) is 22.3 Å². The normalized spacial score (nSPS) is 10.7. The van der Waals surface area contributed by atoms with Gasteiger partial charge < -0.3 is 4.90 Å². The van der Waals surface area contributed by atoms with E-state index < -0.39 is 0 Å². The fraction of sp³-hybridized carbons (Fsp3) is 0. The second-order valence-corrected chi connectivity index (χ2v) is 11.0. The van der Waals surface area contributed by atoms with Gasteiger partial charge in [-0.1, -0.05) is 164 Å². The van der Waals surface area contributed by atoms with Crippen molar-refractivity contribution in [3.8, 4) is 11.1 Å². The molecule has 1 heteroatoms. The smallest absolute Gasteiger partial charge is 0.0462 e. The number of rotatable bonds is 8. The van der Waals surface area contributed by atoms with Crippen LogP contribution in [-0.4, -0.2) is 0 Å². The van der Waals surface area contributed by atoms with E-state index in [1.54, 1.807) is 0 Å². The highest BCUT2D eigenvalue weighted by molar-refractivity contribution is 6.04. The standard InChI is InChI=1S/C44H33N/c1-6-16-36(17-7-1)43(37-18-8-2-9-19-37)44(38-20-10-3-11-21-38)39-28-26-34(27-29-39)35-30-32-42(33-31-35)45(40-22-12-4-13-23-40)41-24-14-5-15-25-41/h1-33H. The molecule has 0 heterocycles. The molecule has 0 N–H and O–H groups in total. The highest BCUT2D eigenvalue weighted by Gasteiger charge is 2.16. The molecule has 0 atom stereocenters. The van der Waals surface area contributed by atoms with Crippen molar-refractivity contribution in [3.63, 3.8) is 0 Å². The zero-order valence-electron chi connectivity index (χ0n) is 25.0. The summed E-state index contributed by atoms with van der Waals surface area (Å²) in [6, 6.07) is 71.1. The highest BCUT2D eigenvalue weighted by atomic mass is 15.1. The van der Waals surface area contributed by atoms with Gasteiger partial charge in [0.25, 0.3) is 0 Å². The van der Waals surface area contributed by atoms with E-state index in [2.05, 4.69) is 205 Å². The van der Waals surface area contributed by atoms with E-state index in [4.69, 9.17) is 0 Å². The van der Waals surface area contributed by atoms with Crippen molar-refractivity contribution in [1.82, 2.24) is 0 Å². The summed E-state index contributed by atoms with van der Waals surface area (Å²) in [5.41, 5.74) is 13.0. The molecule has 0 saturated heterocycles. The fourth-order valence-electron chi connectivity index (χ4n) is 5.96. The molecule has 0 saturated carbocycles. The quantitative estimate of drug-likeness (QED) is 0.163. The van der Waals surface area contributed by atoms with Crippen molar-refractivity contribution in [3.05, 3.63) is 222 Å². The van der Waals surface area contributed by atoms with Crippen molar-refractivity contribution in [2.45, 2.75) is 0 Å². The van der Waals surface area contributed by atoms with Crippen LogP contribution in [-0.2, 0) is 0 Å². The molecule has 0 fully saturated rings. The Balaban J connectivity index is 1.29. The van der Waals surface area contributed by atoms with E-state index in [1.165, 1.54) is 44.5 Å². The third kappa shape index (κ3) is 6.11. The number of para-hydroxylation sites is 2. The van der Waals surface area contributed by atoms with Gasteiger partial charge in [-0.25, -0.2) is 0 Å². The molecule has 214 valence electrons. The molecule has 0 radical (unpaired) electrons. The van der Waals surface area contributed by atoms with Gasteiger partial charge in [-0.3, -0.25) is 0 Å². The predicted molar refractivity (Wildman–Crippen MR) is 191 cm³/mol. The minimum atomic E-state index is 1.12. The van der Waals surface area contributed by atoms with Crippen molar-refractivity contribution < 1.29 is 0 Å². The van der Waals surface area contributed by atoms with Crippen LogP contribution in [0, 0.1) is 0 Å². The van der Waals surface area contributed by atoms with Gasteiger partial charge in [0.05, 0.1) is 0 Å². The van der Waals surface area contributed by atoms with Crippen molar-refractivity contribution in [1.29, 1.82) is 0 Å². The average molecular weight is 576 g/mol. The lowest BCUT2D eigenvalue weighted by molar-refractivity contribution is 1.28. The Bertz CT molecular complexity index is 1900. The van der Waals surface area contributed by atoms with Gasteiger partial charge >= 0.3 is 0 Å². The van der Waals surface area contributed by atoms with Crippen LogP contribution in [0.3, 0.4) is 0 Å². The maximum Gasteiger partial charge on any atom is 0.0462 e. The second kappa shape index (κ2) is 13.2. The molecule has 0 unspecified atom stereocenters. The molecular weight excluding hydrogens is 542 g/mol. The highest BCUT2D eigenvalue weighted by Crippen LogP contribution is 2.38.